The van der Waals surface area contributed by atoms with Crippen LogP contribution < -0.4 is 4.74 Å². The smallest absolute Gasteiger partial charge is 0.272 e. The first-order chi connectivity index (χ1) is 12.9. The van der Waals surface area contributed by atoms with E-state index in [4.69, 9.17) is 16.3 Å². The zero-order valence-corrected chi connectivity index (χ0v) is 16.8. The summed E-state index contributed by atoms with van der Waals surface area (Å²) in [7, 11) is 1.85. The highest BCUT2D eigenvalue weighted by molar-refractivity contribution is 6.32. The molecule has 1 saturated heterocycles. The number of rotatable bonds is 4. The number of benzene rings is 1. The molecular formula is C21H26ClN3O2. The van der Waals surface area contributed by atoms with Crippen molar-refractivity contribution in [1.82, 2.24) is 14.7 Å². The topological polar surface area (TPSA) is 47.4 Å². The van der Waals surface area contributed by atoms with Crippen molar-refractivity contribution in [1.29, 1.82) is 0 Å². The summed E-state index contributed by atoms with van der Waals surface area (Å²) in [4.78, 5) is 15.0. The molecule has 2 fully saturated rings. The summed E-state index contributed by atoms with van der Waals surface area (Å²) in [6.45, 7) is 5.72. The van der Waals surface area contributed by atoms with Crippen molar-refractivity contribution < 1.29 is 9.53 Å². The molecular weight excluding hydrogens is 362 g/mol. The van der Waals surface area contributed by atoms with Crippen LogP contribution in [0.3, 0.4) is 0 Å². The van der Waals surface area contributed by atoms with Crippen LogP contribution in [-0.2, 0) is 7.05 Å². The molecule has 0 bridgehead atoms. The second kappa shape index (κ2) is 7.19. The third-order valence-electron chi connectivity index (χ3n) is 5.90. The van der Waals surface area contributed by atoms with Crippen molar-refractivity contribution in [3.05, 3.63) is 46.7 Å². The van der Waals surface area contributed by atoms with E-state index in [1.807, 2.05) is 42.3 Å². The number of hydrogen-bond donors (Lipinski definition) is 0. The van der Waals surface area contributed by atoms with Crippen LogP contribution in [0.4, 0.5) is 0 Å². The van der Waals surface area contributed by atoms with Gasteiger partial charge in [0.15, 0.2) is 0 Å². The van der Waals surface area contributed by atoms with Gasteiger partial charge in [0.05, 0.1) is 10.7 Å². The number of fused-ring (bicyclic) bond motifs is 1. The van der Waals surface area contributed by atoms with Crippen LogP contribution in [0.15, 0.2) is 30.3 Å². The summed E-state index contributed by atoms with van der Waals surface area (Å²) >= 11 is 6.25. The lowest BCUT2D eigenvalue weighted by molar-refractivity contribution is 0.0751. The van der Waals surface area contributed by atoms with E-state index in [1.165, 1.54) is 0 Å². The molecule has 6 heteroatoms. The highest BCUT2D eigenvalue weighted by atomic mass is 35.5. The third-order valence-corrected chi connectivity index (χ3v) is 6.21. The van der Waals surface area contributed by atoms with Crippen LogP contribution in [-0.4, -0.2) is 39.8 Å². The number of carbonyl (C=O) groups is 1. The molecule has 0 unspecified atom stereocenters. The average Bonchev–Trinajstić information content (AvgIpc) is 3.31. The fourth-order valence-corrected chi connectivity index (χ4v) is 4.55. The molecule has 0 radical (unpaired) electrons. The van der Waals surface area contributed by atoms with Gasteiger partial charge < -0.3 is 9.64 Å². The highest BCUT2D eigenvalue weighted by Crippen LogP contribution is 2.41. The minimum atomic E-state index is 0.0720. The van der Waals surface area contributed by atoms with Crippen molar-refractivity contribution in [3.63, 3.8) is 0 Å². The van der Waals surface area contributed by atoms with Gasteiger partial charge in [-0.15, -0.1) is 0 Å². The van der Waals surface area contributed by atoms with Crippen LogP contribution in [0.25, 0.3) is 0 Å². The molecule has 2 aromatic rings. The molecule has 1 aromatic heterocycles. The van der Waals surface area contributed by atoms with Gasteiger partial charge in [0.25, 0.3) is 5.91 Å². The minimum absolute atomic E-state index is 0.0720. The normalized spacial score (nSPS) is 24.5. The van der Waals surface area contributed by atoms with Crippen LogP contribution in [0.2, 0.25) is 5.02 Å². The number of amides is 1. The maximum Gasteiger partial charge on any atom is 0.272 e. The Hall–Kier alpha value is -2.01. The van der Waals surface area contributed by atoms with Gasteiger partial charge in [-0.2, -0.15) is 5.10 Å². The maximum absolute atomic E-state index is 13.1. The molecule has 2 aliphatic rings. The van der Waals surface area contributed by atoms with Gasteiger partial charge in [-0.05, 0) is 42.9 Å². The quantitative estimate of drug-likeness (QED) is 0.792. The number of halogens is 1. The minimum Gasteiger partial charge on any atom is -0.489 e. The van der Waals surface area contributed by atoms with Crippen molar-refractivity contribution >= 4 is 17.5 Å². The summed E-state index contributed by atoms with van der Waals surface area (Å²) in [5.41, 5.74) is 1.63. The lowest BCUT2D eigenvalue weighted by Crippen LogP contribution is -2.33. The summed E-state index contributed by atoms with van der Waals surface area (Å²) < 4.78 is 7.94. The largest absolute Gasteiger partial charge is 0.489 e. The number of aromatic nitrogens is 2. The molecule has 5 nitrogen and oxygen atoms in total. The number of hydrogen-bond acceptors (Lipinski definition) is 3. The lowest BCUT2D eigenvalue weighted by Gasteiger charge is -2.22. The number of carbonyl (C=O) groups excluding carboxylic acids is 1. The number of nitrogens with zero attached hydrogens (tertiary/aromatic N) is 3. The number of likely N-dealkylation sites (tertiary alicyclic amines) is 1. The van der Waals surface area contributed by atoms with Crippen LogP contribution in [0, 0.1) is 11.8 Å². The molecule has 1 aliphatic carbocycles. The summed E-state index contributed by atoms with van der Waals surface area (Å²) in [5.74, 6) is 1.98. The lowest BCUT2D eigenvalue weighted by atomic mass is 9.99. The summed E-state index contributed by atoms with van der Waals surface area (Å²) in [6, 6.07) is 9.53. The summed E-state index contributed by atoms with van der Waals surface area (Å²) in [6.07, 6.45) is 2.23. The van der Waals surface area contributed by atoms with Crippen molar-refractivity contribution in [2.45, 2.75) is 38.7 Å². The molecule has 1 amide bonds. The first-order valence-corrected chi connectivity index (χ1v) is 10.1. The molecule has 1 aliphatic heterocycles. The SMILES string of the molecule is CC(C)c1cc(C(=O)N2C[C@@H]3CC[C@H](Oc4ccccc4Cl)[C@@H]3C2)n(C)n1. The van der Waals surface area contributed by atoms with Crippen LogP contribution in [0.5, 0.6) is 5.75 Å². The molecule has 1 saturated carbocycles. The van der Waals surface area contributed by atoms with Gasteiger partial charge in [-0.3, -0.25) is 9.48 Å². The van der Waals surface area contributed by atoms with E-state index in [0.717, 1.165) is 37.4 Å². The van der Waals surface area contributed by atoms with E-state index >= 15 is 0 Å². The molecule has 2 heterocycles. The predicted octanol–water partition coefficient (Wildman–Crippen LogP) is 4.13. The van der Waals surface area contributed by atoms with E-state index < -0.39 is 0 Å². The third kappa shape index (κ3) is 3.45. The van der Waals surface area contributed by atoms with E-state index in [2.05, 4.69) is 18.9 Å². The zero-order valence-electron chi connectivity index (χ0n) is 16.1. The Labute approximate surface area is 165 Å². The molecule has 27 heavy (non-hydrogen) atoms. The van der Waals surface area contributed by atoms with E-state index in [0.29, 0.717) is 28.5 Å². The Morgan fingerprint density at radius 2 is 2.04 bits per heavy atom. The van der Waals surface area contributed by atoms with Gasteiger partial charge in [0, 0.05) is 26.1 Å². The summed E-state index contributed by atoms with van der Waals surface area (Å²) in [5, 5.41) is 5.13. The van der Waals surface area contributed by atoms with Gasteiger partial charge >= 0.3 is 0 Å². The Morgan fingerprint density at radius 3 is 2.74 bits per heavy atom. The Morgan fingerprint density at radius 1 is 1.26 bits per heavy atom. The first kappa shape index (κ1) is 18.4. The monoisotopic (exact) mass is 387 g/mol. The molecule has 4 rings (SSSR count). The fourth-order valence-electron chi connectivity index (χ4n) is 4.36. The number of aryl methyl sites for hydroxylation is 1. The van der Waals surface area contributed by atoms with Gasteiger partial charge in [-0.1, -0.05) is 37.6 Å². The maximum atomic E-state index is 13.1. The standard InChI is InChI=1S/C21H26ClN3O2/c1-13(2)17-10-18(24(3)23-17)21(26)25-11-14-8-9-19(15(14)12-25)27-20-7-5-4-6-16(20)22/h4-7,10,13-15,19H,8-9,11-12H2,1-3H3/t14-,15+,19-/m0/s1. The fraction of sp³-hybridized carbons (Fsp3) is 0.524. The second-order valence-corrected chi connectivity index (χ2v) is 8.44. The van der Waals surface area contributed by atoms with Crippen molar-refractivity contribution in [3.8, 4) is 5.75 Å². The van der Waals surface area contributed by atoms with E-state index in [1.54, 1.807) is 4.68 Å². The molecule has 144 valence electrons. The second-order valence-electron chi connectivity index (χ2n) is 8.03. The van der Waals surface area contributed by atoms with Crippen molar-refractivity contribution in [2.24, 2.45) is 18.9 Å². The predicted molar refractivity (Wildman–Crippen MR) is 105 cm³/mol. The molecule has 0 N–H and O–H groups in total. The number of ether oxygens (including phenoxy) is 1. The molecule has 1 aromatic carbocycles. The molecule has 0 spiro atoms. The van der Waals surface area contributed by atoms with Gasteiger partial charge in [-0.25, -0.2) is 0 Å². The van der Waals surface area contributed by atoms with E-state index in [-0.39, 0.29) is 12.0 Å². The highest BCUT2D eigenvalue weighted by Gasteiger charge is 2.45. The Kier molecular flexibility index (Phi) is 4.89. The average molecular weight is 388 g/mol. The van der Waals surface area contributed by atoms with Crippen LogP contribution >= 0.6 is 11.6 Å². The Bertz CT molecular complexity index is 848. The van der Waals surface area contributed by atoms with Gasteiger partial charge in [0.1, 0.15) is 17.5 Å². The first-order valence-electron chi connectivity index (χ1n) is 9.68. The number of para-hydroxylation sites is 1. The van der Waals surface area contributed by atoms with Crippen LogP contribution in [0.1, 0.15) is 48.8 Å². The van der Waals surface area contributed by atoms with Crippen molar-refractivity contribution in [2.75, 3.05) is 13.1 Å². The Balaban J connectivity index is 1.46. The molecule has 3 atom stereocenters. The van der Waals surface area contributed by atoms with Gasteiger partial charge in [0.2, 0.25) is 0 Å². The van der Waals surface area contributed by atoms with E-state index in [9.17, 15) is 4.79 Å². The zero-order chi connectivity index (χ0) is 19.1.